The minimum absolute atomic E-state index is 0.0390. The molecular weight excluding hydrogens is 308 g/mol. The Kier molecular flexibility index (Phi) is 4.53. The lowest BCUT2D eigenvalue weighted by atomic mass is 10.4. The van der Waals surface area contributed by atoms with Crippen LogP contribution < -0.4 is 4.72 Å². The molecule has 1 unspecified atom stereocenters. The predicted octanol–water partition coefficient (Wildman–Crippen LogP) is 0.508. The topological polar surface area (TPSA) is 93.2 Å². The van der Waals surface area contributed by atoms with E-state index in [0.717, 1.165) is 23.8 Å². The highest BCUT2D eigenvalue weighted by molar-refractivity contribution is 7.92. The number of halogens is 1. The van der Waals surface area contributed by atoms with Crippen molar-refractivity contribution in [1.82, 2.24) is 9.71 Å². The Morgan fingerprint density at radius 2 is 2.06 bits per heavy atom. The molecular formula is C7H11ClN2O4S3. The third-order valence-corrected chi connectivity index (χ3v) is 5.90. The molecule has 0 aliphatic carbocycles. The van der Waals surface area contributed by atoms with Gasteiger partial charge in [0.1, 0.15) is 9.84 Å². The zero-order valence-corrected chi connectivity index (χ0v) is 12.3. The van der Waals surface area contributed by atoms with Crippen LogP contribution in [0.4, 0.5) is 0 Å². The number of hydrogen-bond donors (Lipinski definition) is 1. The summed E-state index contributed by atoms with van der Waals surface area (Å²) in [5, 5.41) is 0. The molecule has 6 nitrogen and oxygen atoms in total. The molecule has 0 spiro atoms. The fraction of sp³-hybridized carbons (Fsp3) is 0.571. The second kappa shape index (κ2) is 5.19. The minimum atomic E-state index is -3.75. The van der Waals surface area contributed by atoms with Crippen molar-refractivity contribution in [2.24, 2.45) is 0 Å². The molecule has 1 atom stereocenters. The van der Waals surface area contributed by atoms with Crippen LogP contribution >= 0.6 is 22.9 Å². The molecule has 98 valence electrons. The van der Waals surface area contributed by atoms with Crippen molar-refractivity contribution in [2.75, 3.05) is 12.0 Å². The zero-order valence-electron chi connectivity index (χ0n) is 9.04. The van der Waals surface area contributed by atoms with Crippen LogP contribution in [0.25, 0.3) is 0 Å². The van der Waals surface area contributed by atoms with E-state index in [1.807, 2.05) is 0 Å². The molecule has 0 saturated carbocycles. The van der Waals surface area contributed by atoms with E-state index >= 15 is 0 Å². The van der Waals surface area contributed by atoms with Gasteiger partial charge in [-0.15, -0.1) is 0 Å². The SMILES string of the molecule is CC(CS(C)(=O)=O)NS(=O)(=O)c1cnc(Cl)s1. The third-order valence-electron chi connectivity index (χ3n) is 1.63. The van der Waals surface area contributed by atoms with Gasteiger partial charge in [0.2, 0.25) is 0 Å². The minimum Gasteiger partial charge on any atom is -0.232 e. The molecule has 1 heterocycles. The Morgan fingerprint density at radius 1 is 1.47 bits per heavy atom. The molecule has 1 rings (SSSR count). The summed E-state index contributed by atoms with van der Waals surface area (Å²) in [6, 6.07) is -0.712. The number of hydrogen-bond acceptors (Lipinski definition) is 6. The van der Waals surface area contributed by atoms with Gasteiger partial charge in [-0.1, -0.05) is 22.9 Å². The fourth-order valence-corrected chi connectivity index (χ4v) is 4.82. The molecule has 0 aromatic carbocycles. The van der Waals surface area contributed by atoms with Crippen LogP contribution in [0, 0.1) is 0 Å². The number of rotatable bonds is 5. The van der Waals surface area contributed by atoms with Gasteiger partial charge in [-0.25, -0.2) is 26.5 Å². The lowest BCUT2D eigenvalue weighted by Gasteiger charge is -2.11. The van der Waals surface area contributed by atoms with Crippen molar-refractivity contribution in [3.8, 4) is 0 Å². The van der Waals surface area contributed by atoms with Gasteiger partial charge in [-0.3, -0.25) is 0 Å². The quantitative estimate of drug-likeness (QED) is 0.853. The molecule has 10 heteroatoms. The maximum atomic E-state index is 11.7. The maximum absolute atomic E-state index is 11.7. The largest absolute Gasteiger partial charge is 0.251 e. The van der Waals surface area contributed by atoms with Crippen molar-refractivity contribution in [3.63, 3.8) is 0 Å². The Labute approximate surface area is 109 Å². The van der Waals surface area contributed by atoms with Crippen LogP contribution in [0.15, 0.2) is 10.4 Å². The number of sulfone groups is 1. The van der Waals surface area contributed by atoms with Crippen molar-refractivity contribution in [3.05, 3.63) is 10.7 Å². The first kappa shape index (κ1) is 14.8. The number of nitrogens with zero attached hydrogens (tertiary/aromatic N) is 1. The highest BCUT2D eigenvalue weighted by Crippen LogP contribution is 2.22. The summed E-state index contributed by atoms with van der Waals surface area (Å²) in [6.07, 6.45) is 2.17. The van der Waals surface area contributed by atoms with Gasteiger partial charge in [0.15, 0.2) is 8.68 Å². The lowest BCUT2D eigenvalue weighted by molar-refractivity contribution is 0.566. The summed E-state index contributed by atoms with van der Waals surface area (Å²) in [7, 11) is -6.99. The lowest BCUT2D eigenvalue weighted by Crippen LogP contribution is -2.36. The Bertz CT molecular complexity index is 592. The molecule has 0 amide bonds. The van der Waals surface area contributed by atoms with Gasteiger partial charge in [-0.05, 0) is 6.92 Å². The number of sulfonamides is 1. The van der Waals surface area contributed by atoms with Crippen molar-refractivity contribution >= 4 is 42.8 Å². The molecule has 17 heavy (non-hydrogen) atoms. The van der Waals surface area contributed by atoms with E-state index < -0.39 is 25.9 Å². The fourth-order valence-electron chi connectivity index (χ4n) is 1.17. The number of thiazole rings is 1. The molecule has 0 saturated heterocycles. The first-order valence-electron chi connectivity index (χ1n) is 4.41. The standard InChI is InChI=1S/C7H11ClN2O4S3/c1-5(4-16(2,11)12)10-17(13,14)6-3-9-7(8)15-6/h3,5,10H,4H2,1-2H3. The van der Waals surface area contributed by atoms with Gasteiger partial charge < -0.3 is 0 Å². The van der Waals surface area contributed by atoms with Crippen molar-refractivity contribution in [2.45, 2.75) is 17.2 Å². The van der Waals surface area contributed by atoms with E-state index in [1.54, 1.807) is 0 Å². The second-order valence-corrected chi connectivity index (χ2v) is 9.29. The van der Waals surface area contributed by atoms with E-state index in [-0.39, 0.29) is 14.4 Å². The summed E-state index contributed by atoms with van der Waals surface area (Å²) in [5.74, 6) is -0.265. The van der Waals surface area contributed by atoms with Gasteiger partial charge in [0.25, 0.3) is 10.0 Å². The van der Waals surface area contributed by atoms with Crippen molar-refractivity contribution < 1.29 is 16.8 Å². The van der Waals surface area contributed by atoms with Gasteiger partial charge >= 0.3 is 0 Å². The van der Waals surface area contributed by atoms with Crippen LogP contribution in [0.1, 0.15) is 6.92 Å². The normalized spacial score (nSPS) is 14.8. The van der Waals surface area contributed by atoms with E-state index in [2.05, 4.69) is 9.71 Å². The Balaban J connectivity index is 2.81. The molecule has 1 N–H and O–H groups in total. The first-order valence-corrected chi connectivity index (χ1v) is 9.15. The average Bonchev–Trinajstić information content (AvgIpc) is 2.46. The van der Waals surface area contributed by atoms with Crippen molar-refractivity contribution in [1.29, 1.82) is 0 Å². The molecule has 0 aliphatic heterocycles. The van der Waals surface area contributed by atoms with Crippen LogP contribution in [0.2, 0.25) is 4.47 Å². The van der Waals surface area contributed by atoms with Gasteiger partial charge in [0, 0.05) is 12.3 Å². The molecule has 0 radical (unpaired) electrons. The first-order chi connectivity index (χ1) is 7.60. The summed E-state index contributed by atoms with van der Waals surface area (Å²) in [5.41, 5.74) is 0. The molecule has 0 aliphatic rings. The van der Waals surface area contributed by atoms with Crippen LogP contribution in [-0.2, 0) is 19.9 Å². The number of nitrogens with one attached hydrogen (secondary N) is 1. The maximum Gasteiger partial charge on any atom is 0.251 e. The van der Waals surface area contributed by atoms with Gasteiger partial charge in [0.05, 0.1) is 11.9 Å². The van der Waals surface area contributed by atoms with Crippen LogP contribution in [0.3, 0.4) is 0 Å². The molecule has 0 fully saturated rings. The average molecular weight is 319 g/mol. The van der Waals surface area contributed by atoms with Crippen LogP contribution in [0.5, 0.6) is 0 Å². The second-order valence-electron chi connectivity index (χ2n) is 3.55. The zero-order chi connectivity index (χ0) is 13.3. The molecule has 0 bridgehead atoms. The summed E-state index contributed by atoms with van der Waals surface area (Å²) in [6.45, 7) is 1.47. The Morgan fingerprint density at radius 3 is 2.47 bits per heavy atom. The van der Waals surface area contributed by atoms with E-state index in [9.17, 15) is 16.8 Å². The smallest absolute Gasteiger partial charge is 0.232 e. The third kappa shape index (κ3) is 4.88. The summed E-state index contributed by atoms with van der Waals surface area (Å²) in [4.78, 5) is 3.61. The summed E-state index contributed by atoms with van der Waals surface area (Å²) >= 11 is 6.34. The monoisotopic (exact) mass is 318 g/mol. The van der Waals surface area contributed by atoms with E-state index in [0.29, 0.717) is 0 Å². The van der Waals surface area contributed by atoms with E-state index in [4.69, 9.17) is 11.6 Å². The van der Waals surface area contributed by atoms with Gasteiger partial charge in [-0.2, -0.15) is 0 Å². The number of aromatic nitrogens is 1. The highest BCUT2D eigenvalue weighted by Gasteiger charge is 2.22. The molecule has 1 aromatic rings. The summed E-state index contributed by atoms with van der Waals surface area (Å²) < 4.78 is 47.8. The predicted molar refractivity (Wildman–Crippen MR) is 66.6 cm³/mol. The van der Waals surface area contributed by atoms with E-state index in [1.165, 1.54) is 6.92 Å². The van der Waals surface area contributed by atoms with Crippen LogP contribution in [-0.4, -0.2) is 39.9 Å². The molecule has 1 aromatic heterocycles. The Hall–Kier alpha value is -0.220. The highest BCUT2D eigenvalue weighted by atomic mass is 35.5.